The average Bonchev–Trinajstić information content (AvgIpc) is 2.50. The molecule has 1 fully saturated rings. The highest BCUT2D eigenvalue weighted by Crippen LogP contribution is 2.14. The van der Waals surface area contributed by atoms with E-state index >= 15 is 0 Å². The molecule has 0 bridgehead atoms. The van der Waals surface area contributed by atoms with Gasteiger partial charge in [-0.05, 0) is 0 Å². The molecule has 1 rings (SSSR count). The zero-order chi connectivity index (χ0) is 9.84. The van der Waals surface area contributed by atoms with E-state index in [-0.39, 0.29) is 13.0 Å². The molecule has 1 aliphatic rings. The van der Waals surface area contributed by atoms with Crippen molar-refractivity contribution in [3.63, 3.8) is 0 Å². The van der Waals surface area contributed by atoms with Crippen molar-refractivity contribution in [3.05, 3.63) is 0 Å². The van der Waals surface area contributed by atoms with E-state index in [0.29, 0.717) is 0 Å². The molecule has 0 aromatic heterocycles. The van der Waals surface area contributed by atoms with Crippen LogP contribution in [0.25, 0.3) is 0 Å². The predicted molar refractivity (Wildman–Crippen MR) is 39.3 cm³/mol. The van der Waals surface area contributed by atoms with Gasteiger partial charge in [0.25, 0.3) is 0 Å². The fraction of sp³-hybridized carbons (Fsp3) is 0.857. The van der Waals surface area contributed by atoms with E-state index in [1.54, 1.807) is 0 Å². The summed E-state index contributed by atoms with van der Waals surface area (Å²) in [6, 6.07) is -0.520. The number of hydrogen-bond acceptors (Lipinski definition) is 4. The molecular weight excluding hydrogens is 184 g/mol. The Balaban J connectivity index is 2.32. The van der Waals surface area contributed by atoms with Gasteiger partial charge in [0.15, 0.2) is 0 Å². The average molecular weight is 195 g/mol. The first-order chi connectivity index (χ1) is 6.13. The maximum absolute atomic E-state index is 11.7. The van der Waals surface area contributed by atoms with Gasteiger partial charge in [0.1, 0.15) is 6.04 Å². The van der Waals surface area contributed by atoms with E-state index in [4.69, 9.17) is 0 Å². The molecule has 1 aliphatic heterocycles. The van der Waals surface area contributed by atoms with E-state index in [0.717, 1.165) is 0 Å². The van der Waals surface area contributed by atoms with Crippen LogP contribution in [0, 0.1) is 0 Å². The van der Waals surface area contributed by atoms with Crippen LogP contribution >= 0.6 is 0 Å². The number of ether oxygens (including phenoxy) is 2. The second-order valence-electron chi connectivity index (χ2n) is 2.74. The summed E-state index contributed by atoms with van der Waals surface area (Å²) < 4.78 is 32.1. The molecule has 0 saturated carbocycles. The fourth-order valence-corrected chi connectivity index (χ4v) is 1.27. The van der Waals surface area contributed by atoms with Crippen LogP contribution in [-0.2, 0) is 14.3 Å². The molecule has 6 heteroatoms. The highest BCUT2D eigenvalue weighted by Gasteiger charge is 2.32. The van der Waals surface area contributed by atoms with Crippen molar-refractivity contribution < 1.29 is 23.0 Å². The van der Waals surface area contributed by atoms with E-state index in [1.165, 1.54) is 7.11 Å². The van der Waals surface area contributed by atoms with E-state index in [1.807, 2.05) is 0 Å². The molecule has 0 aliphatic carbocycles. The largest absolute Gasteiger partial charge is 0.468 e. The third-order valence-electron chi connectivity index (χ3n) is 1.87. The summed E-state index contributed by atoms with van der Waals surface area (Å²) in [7, 11) is 1.26. The Kier molecular flexibility index (Phi) is 3.56. The normalized spacial score (nSPS) is 28.0. The van der Waals surface area contributed by atoms with Crippen molar-refractivity contribution in [2.45, 2.75) is 25.2 Å². The Morgan fingerprint density at radius 1 is 1.62 bits per heavy atom. The highest BCUT2D eigenvalue weighted by molar-refractivity contribution is 5.76. The highest BCUT2D eigenvalue weighted by atomic mass is 19.3. The van der Waals surface area contributed by atoms with E-state index < -0.39 is 24.7 Å². The Morgan fingerprint density at radius 3 is 2.85 bits per heavy atom. The Labute approximate surface area is 74.2 Å². The maximum atomic E-state index is 11.7. The van der Waals surface area contributed by atoms with Gasteiger partial charge in [-0.1, -0.05) is 0 Å². The molecule has 13 heavy (non-hydrogen) atoms. The SMILES string of the molecule is COC(=O)[C@@H]1C[C@H](OC(F)F)CN1. The molecule has 1 saturated heterocycles. The van der Waals surface area contributed by atoms with Crippen molar-refractivity contribution in [3.8, 4) is 0 Å². The van der Waals surface area contributed by atoms with Gasteiger partial charge in [0, 0.05) is 13.0 Å². The number of esters is 1. The number of alkyl halides is 2. The van der Waals surface area contributed by atoms with Crippen LogP contribution in [0.4, 0.5) is 8.78 Å². The molecule has 0 aromatic carbocycles. The number of methoxy groups -OCH3 is 1. The molecule has 4 nitrogen and oxygen atoms in total. The minimum Gasteiger partial charge on any atom is -0.468 e. The van der Waals surface area contributed by atoms with E-state index in [2.05, 4.69) is 14.8 Å². The smallest absolute Gasteiger partial charge is 0.345 e. The molecule has 0 spiro atoms. The maximum Gasteiger partial charge on any atom is 0.345 e. The Morgan fingerprint density at radius 2 is 2.31 bits per heavy atom. The summed E-state index contributed by atoms with van der Waals surface area (Å²) in [6.45, 7) is -2.53. The van der Waals surface area contributed by atoms with Crippen molar-refractivity contribution in [2.24, 2.45) is 0 Å². The number of carbonyl (C=O) groups excluding carboxylic acids is 1. The second-order valence-corrected chi connectivity index (χ2v) is 2.74. The molecular formula is C7H11F2NO3. The second kappa shape index (κ2) is 4.48. The quantitative estimate of drug-likeness (QED) is 0.650. The monoisotopic (exact) mass is 195 g/mol. The van der Waals surface area contributed by atoms with Gasteiger partial charge < -0.3 is 14.8 Å². The molecule has 0 amide bonds. The van der Waals surface area contributed by atoms with E-state index in [9.17, 15) is 13.6 Å². The lowest BCUT2D eigenvalue weighted by atomic mass is 10.2. The van der Waals surface area contributed by atoms with Crippen LogP contribution in [0.3, 0.4) is 0 Å². The lowest BCUT2D eigenvalue weighted by Gasteiger charge is -2.09. The summed E-state index contributed by atoms with van der Waals surface area (Å²) in [5.41, 5.74) is 0. The van der Waals surface area contributed by atoms with Gasteiger partial charge in [0.2, 0.25) is 0 Å². The van der Waals surface area contributed by atoms with Crippen molar-refractivity contribution in [2.75, 3.05) is 13.7 Å². The van der Waals surface area contributed by atoms with Crippen LogP contribution in [-0.4, -0.2) is 38.4 Å². The predicted octanol–water partition coefficient (Wildman–Crippen LogP) is 0.129. The Bertz CT molecular complexity index is 189. The fourth-order valence-electron chi connectivity index (χ4n) is 1.27. The summed E-state index contributed by atoms with van der Waals surface area (Å²) in [4.78, 5) is 10.9. The minimum atomic E-state index is -2.79. The van der Waals surface area contributed by atoms with Gasteiger partial charge in [-0.3, -0.25) is 4.79 Å². The minimum absolute atomic E-state index is 0.233. The Hall–Kier alpha value is -0.750. The standard InChI is InChI=1S/C7H11F2NO3/c1-12-6(11)5-2-4(3-10-5)13-7(8)9/h4-5,7,10H,2-3H2,1H3/t4-,5-/m0/s1. The third-order valence-corrected chi connectivity index (χ3v) is 1.87. The first-order valence-electron chi connectivity index (χ1n) is 3.88. The lowest BCUT2D eigenvalue weighted by molar-refractivity contribution is -0.159. The molecule has 1 heterocycles. The molecule has 76 valence electrons. The molecule has 0 aromatic rings. The lowest BCUT2D eigenvalue weighted by Crippen LogP contribution is -2.31. The van der Waals surface area contributed by atoms with Crippen LogP contribution in [0.15, 0.2) is 0 Å². The number of nitrogens with one attached hydrogen (secondary N) is 1. The van der Waals surface area contributed by atoms with Crippen LogP contribution in [0.1, 0.15) is 6.42 Å². The zero-order valence-electron chi connectivity index (χ0n) is 7.13. The first-order valence-corrected chi connectivity index (χ1v) is 3.88. The summed E-state index contributed by atoms with van der Waals surface area (Å²) in [5.74, 6) is -0.444. The number of rotatable bonds is 3. The molecule has 1 N–H and O–H groups in total. The summed E-state index contributed by atoms with van der Waals surface area (Å²) in [5, 5.41) is 2.73. The summed E-state index contributed by atoms with van der Waals surface area (Å²) in [6.07, 6.45) is -0.374. The molecule has 0 unspecified atom stereocenters. The van der Waals surface area contributed by atoms with Gasteiger partial charge in [-0.25, -0.2) is 0 Å². The molecule has 2 atom stereocenters. The van der Waals surface area contributed by atoms with Crippen LogP contribution in [0.5, 0.6) is 0 Å². The van der Waals surface area contributed by atoms with Crippen molar-refractivity contribution >= 4 is 5.97 Å². The topological polar surface area (TPSA) is 47.6 Å². The zero-order valence-corrected chi connectivity index (χ0v) is 7.13. The van der Waals surface area contributed by atoms with Crippen LogP contribution < -0.4 is 5.32 Å². The van der Waals surface area contributed by atoms with Crippen LogP contribution in [0.2, 0.25) is 0 Å². The number of carbonyl (C=O) groups is 1. The van der Waals surface area contributed by atoms with Gasteiger partial charge >= 0.3 is 12.6 Å². The van der Waals surface area contributed by atoms with Crippen molar-refractivity contribution in [1.29, 1.82) is 0 Å². The third kappa shape index (κ3) is 2.89. The number of halogens is 2. The van der Waals surface area contributed by atoms with Gasteiger partial charge in [0.05, 0.1) is 13.2 Å². The molecule has 0 radical (unpaired) electrons. The van der Waals surface area contributed by atoms with Crippen molar-refractivity contribution in [1.82, 2.24) is 5.32 Å². The number of hydrogen-bond donors (Lipinski definition) is 1. The van der Waals surface area contributed by atoms with Gasteiger partial charge in [-0.15, -0.1) is 0 Å². The first kappa shape index (κ1) is 10.3. The van der Waals surface area contributed by atoms with Gasteiger partial charge in [-0.2, -0.15) is 8.78 Å². The summed E-state index contributed by atoms with van der Waals surface area (Å²) >= 11 is 0.